The van der Waals surface area contributed by atoms with Crippen molar-refractivity contribution < 1.29 is 9.59 Å². The van der Waals surface area contributed by atoms with Crippen LogP contribution in [0.5, 0.6) is 0 Å². The van der Waals surface area contributed by atoms with E-state index in [2.05, 4.69) is 24.4 Å². The van der Waals surface area contributed by atoms with Gasteiger partial charge in [-0.25, -0.2) is 0 Å². The van der Waals surface area contributed by atoms with Crippen molar-refractivity contribution in [2.45, 2.75) is 58.0 Å². The van der Waals surface area contributed by atoms with E-state index in [1.165, 1.54) is 6.42 Å². The van der Waals surface area contributed by atoms with Crippen LogP contribution in [0.25, 0.3) is 0 Å². The zero-order valence-electron chi connectivity index (χ0n) is 14.0. The van der Waals surface area contributed by atoms with E-state index in [0.717, 1.165) is 24.0 Å². The Morgan fingerprint density at radius 3 is 2.61 bits per heavy atom. The minimum Gasteiger partial charge on any atom is -0.353 e. The standard InChI is InChI=1S/C19H26N2O2/c1-3-21-17(22)12-11-16(19(23)20-14-8-6-9-14)18(21)15-10-5-4-7-13(15)2/h4-5,7,10,14,16,18H,3,6,8-9,11-12H2,1-2H3,(H,20,23)/t16-,18+/m1/s1. The molecule has 1 saturated carbocycles. The first-order valence-electron chi connectivity index (χ1n) is 8.77. The summed E-state index contributed by atoms with van der Waals surface area (Å²) in [6.45, 7) is 4.70. The van der Waals surface area contributed by atoms with Gasteiger partial charge in [-0.15, -0.1) is 0 Å². The Morgan fingerprint density at radius 1 is 1.26 bits per heavy atom. The minimum atomic E-state index is -0.144. The monoisotopic (exact) mass is 314 g/mol. The van der Waals surface area contributed by atoms with Crippen molar-refractivity contribution in [3.8, 4) is 0 Å². The van der Waals surface area contributed by atoms with Crippen LogP contribution in [0, 0.1) is 12.8 Å². The van der Waals surface area contributed by atoms with Crippen molar-refractivity contribution >= 4 is 11.8 Å². The fourth-order valence-corrected chi connectivity index (χ4v) is 3.76. The van der Waals surface area contributed by atoms with Gasteiger partial charge in [0.05, 0.1) is 12.0 Å². The average molecular weight is 314 g/mol. The van der Waals surface area contributed by atoms with Crippen LogP contribution >= 0.6 is 0 Å². The maximum absolute atomic E-state index is 12.8. The Balaban J connectivity index is 1.90. The highest BCUT2D eigenvalue weighted by atomic mass is 16.2. The zero-order valence-corrected chi connectivity index (χ0v) is 14.0. The lowest BCUT2D eigenvalue weighted by molar-refractivity contribution is -0.143. The molecule has 1 aromatic carbocycles. The molecule has 2 aliphatic rings. The smallest absolute Gasteiger partial charge is 0.225 e. The van der Waals surface area contributed by atoms with E-state index in [0.29, 0.717) is 25.4 Å². The van der Waals surface area contributed by atoms with Gasteiger partial charge in [-0.1, -0.05) is 24.3 Å². The molecule has 2 amide bonds. The van der Waals surface area contributed by atoms with Crippen molar-refractivity contribution in [1.82, 2.24) is 10.2 Å². The van der Waals surface area contributed by atoms with E-state index in [1.54, 1.807) is 0 Å². The number of hydrogen-bond donors (Lipinski definition) is 1. The molecule has 1 aromatic rings. The SMILES string of the molecule is CCN1C(=O)CC[C@@H](C(=O)NC2CCC2)[C@@H]1c1ccccc1C. The van der Waals surface area contributed by atoms with Gasteiger partial charge in [-0.2, -0.15) is 0 Å². The van der Waals surface area contributed by atoms with Gasteiger partial charge in [-0.05, 0) is 50.7 Å². The molecule has 2 atom stereocenters. The lowest BCUT2D eigenvalue weighted by atomic mass is 9.81. The van der Waals surface area contributed by atoms with Crippen LogP contribution in [-0.4, -0.2) is 29.3 Å². The van der Waals surface area contributed by atoms with Crippen molar-refractivity contribution in [2.75, 3.05) is 6.54 Å². The summed E-state index contributed by atoms with van der Waals surface area (Å²) in [7, 11) is 0. The highest BCUT2D eigenvalue weighted by Crippen LogP contribution is 2.38. The van der Waals surface area contributed by atoms with E-state index in [4.69, 9.17) is 0 Å². The van der Waals surface area contributed by atoms with E-state index in [9.17, 15) is 9.59 Å². The van der Waals surface area contributed by atoms with Crippen LogP contribution in [0.1, 0.15) is 56.2 Å². The van der Waals surface area contributed by atoms with Crippen LogP contribution in [0.2, 0.25) is 0 Å². The summed E-state index contributed by atoms with van der Waals surface area (Å²) in [6.07, 6.45) is 4.50. The average Bonchev–Trinajstić information content (AvgIpc) is 2.51. The predicted molar refractivity (Wildman–Crippen MR) is 89.8 cm³/mol. The molecule has 4 nitrogen and oxygen atoms in total. The number of rotatable bonds is 4. The molecule has 1 aliphatic heterocycles. The summed E-state index contributed by atoms with van der Waals surface area (Å²) in [5.41, 5.74) is 2.25. The van der Waals surface area contributed by atoms with Crippen LogP contribution in [0.4, 0.5) is 0 Å². The Kier molecular flexibility index (Phi) is 4.69. The summed E-state index contributed by atoms with van der Waals surface area (Å²) >= 11 is 0. The molecule has 1 heterocycles. The van der Waals surface area contributed by atoms with Gasteiger partial charge in [0.15, 0.2) is 0 Å². The summed E-state index contributed by atoms with van der Waals surface area (Å²) in [5, 5.41) is 3.19. The number of amides is 2. The van der Waals surface area contributed by atoms with E-state index in [1.807, 2.05) is 24.0 Å². The number of carbonyl (C=O) groups excluding carboxylic acids is 2. The second-order valence-electron chi connectivity index (χ2n) is 6.76. The van der Waals surface area contributed by atoms with Crippen molar-refractivity contribution in [3.63, 3.8) is 0 Å². The summed E-state index contributed by atoms with van der Waals surface area (Å²) in [4.78, 5) is 27.1. The first-order chi connectivity index (χ1) is 11.1. The molecule has 3 rings (SSSR count). The Labute approximate surface area is 138 Å². The maximum atomic E-state index is 12.8. The second kappa shape index (κ2) is 6.73. The van der Waals surface area contributed by atoms with Gasteiger partial charge < -0.3 is 10.2 Å². The first-order valence-corrected chi connectivity index (χ1v) is 8.77. The van der Waals surface area contributed by atoms with Crippen molar-refractivity contribution in [3.05, 3.63) is 35.4 Å². The van der Waals surface area contributed by atoms with E-state index >= 15 is 0 Å². The summed E-state index contributed by atoms with van der Waals surface area (Å²) in [6, 6.07) is 8.32. The summed E-state index contributed by atoms with van der Waals surface area (Å²) in [5.74, 6) is 0.136. The molecule has 1 saturated heterocycles. The van der Waals surface area contributed by atoms with E-state index < -0.39 is 0 Å². The van der Waals surface area contributed by atoms with Gasteiger partial charge in [0.1, 0.15) is 0 Å². The molecule has 1 aliphatic carbocycles. The predicted octanol–water partition coefficient (Wildman–Crippen LogP) is 2.96. The molecular weight excluding hydrogens is 288 g/mol. The fraction of sp³-hybridized carbons (Fsp3) is 0.579. The molecule has 0 bridgehead atoms. The molecule has 4 heteroatoms. The van der Waals surface area contributed by atoms with Crippen molar-refractivity contribution in [2.24, 2.45) is 5.92 Å². The number of aryl methyl sites for hydroxylation is 1. The van der Waals surface area contributed by atoms with Crippen LogP contribution in [-0.2, 0) is 9.59 Å². The number of likely N-dealkylation sites (tertiary alicyclic amines) is 1. The van der Waals surface area contributed by atoms with Gasteiger partial charge in [0.25, 0.3) is 0 Å². The molecule has 0 spiro atoms. The zero-order chi connectivity index (χ0) is 16.4. The maximum Gasteiger partial charge on any atom is 0.225 e. The summed E-state index contributed by atoms with van der Waals surface area (Å²) < 4.78 is 0. The third-order valence-electron chi connectivity index (χ3n) is 5.34. The molecule has 2 fully saturated rings. The van der Waals surface area contributed by atoms with Gasteiger partial charge >= 0.3 is 0 Å². The molecule has 0 unspecified atom stereocenters. The Bertz CT molecular complexity index is 595. The Hall–Kier alpha value is -1.84. The van der Waals surface area contributed by atoms with Crippen molar-refractivity contribution in [1.29, 1.82) is 0 Å². The lowest BCUT2D eigenvalue weighted by Crippen LogP contribution is -2.50. The quantitative estimate of drug-likeness (QED) is 0.929. The van der Waals surface area contributed by atoms with Crippen LogP contribution in [0.15, 0.2) is 24.3 Å². The number of piperidine rings is 1. The number of hydrogen-bond acceptors (Lipinski definition) is 2. The van der Waals surface area contributed by atoms with Crippen LogP contribution in [0.3, 0.4) is 0 Å². The number of carbonyl (C=O) groups is 2. The molecule has 0 aromatic heterocycles. The third kappa shape index (κ3) is 3.12. The number of nitrogens with one attached hydrogen (secondary N) is 1. The topological polar surface area (TPSA) is 49.4 Å². The first kappa shape index (κ1) is 16.0. The molecule has 23 heavy (non-hydrogen) atoms. The van der Waals surface area contributed by atoms with Gasteiger partial charge in [0, 0.05) is 19.0 Å². The van der Waals surface area contributed by atoms with Gasteiger partial charge in [-0.3, -0.25) is 9.59 Å². The molecule has 1 N–H and O–H groups in total. The highest BCUT2D eigenvalue weighted by molar-refractivity contribution is 5.85. The van der Waals surface area contributed by atoms with E-state index in [-0.39, 0.29) is 23.8 Å². The minimum absolute atomic E-state index is 0.119. The van der Waals surface area contributed by atoms with Gasteiger partial charge in [0.2, 0.25) is 11.8 Å². The largest absolute Gasteiger partial charge is 0.353 e. The Morgan fingerprint density at radius 2 is 2.00 bits per heavy atom. The lowest BCUT2D eigenvalue weighted by Gasteiger charge is -2.42. The number of nitrogens with zero attached hydrogens (tertiary/aromatic N) is 1. The molecular formula is C19H26N2O2. The van der Waals surface area contributed by atoms with Crippen LogP contribution < -0.4 is 5.32 Å². The third-order valence-corrected chi connectivity index (χ3v) is 5.34. The number of benzene rings is 1. The normalized spacial score (nSPS) is 25.1. The molecule has 124 valence electrons. The molecule has 0 radical (unpaired) electrons. The second-order valence-corrected chi connectivity index (χ2v) is 6.76. The highest BCUT2D eigenvalue weighted by Gasteiger charge is 2.41. The fourth-order valence-electron chi connectivity index (χ4n) is 3.76.